The number of pyridine rings is 1. The first kappa shape index (κ1) is 17.4. The highest BCUT2D eigenvalue weighted by atomic mass is 16.6. The average molecular weight is 339 g/mol. The van der Waals surface area contributed by atoms with Gasteiger partial charge in [0.05, 0.1) is 5.69 Å². The minimum absolute atomic E-state index is 0.206. The molecule has 1 N–H and O–H groups in total. The van der Waals surface area contributed by atoms with E-state index in [4.69, 9.17) is 4.74 Å². The van der Waals surface area contributed by atoms with Crippen LogP contribution in [0.15, 0.2) is 48.7 Å². The molecule has 1 amide bonds. The van der Waals surface area contributed by atoms with E-state index in [1.807, 2.05) is 63.2 Å². The van der Waals surface area contributed by atoms with E-state index in [9.17, 15) is 4.79 Å². The van der Waals surface area contributed by atoms with Crippen molar-refractivity contribution >= 4 is 17.6 Å². The summed E-state index contributed by atoms with van der Waals surface area (Å²) in [6, 6.07) is 13.7. The zero-order valence-electron chi connectivity index (χ0n) is 15.0. The third-order valence-corrected chi connectivity index (χ3v) is 4.05. The van der Waals surface area contributed by atoms with E-state index in [1.165, 1.54) is 0 Å². The molecule has 2 aromatic rings. The lowest BCUT2D eigenvalue weighted by Crippen LogP contribution is -2.35. The maximum atomic E-state index is 13.0. The fraction of sp³-hybridized carbons (Fsp3) is 0.400. The van der Waals surface area contributed by atoms with Gasteiger partial charge < -0.3 is 10.1 Å². The second-order valence-electron chi connectivity index (χ2n) is 7.22. The van der Waals surface area contributed by atoms with E-state index in [1.54, 1.807) is 11.1 Å². The first-order valence-electron chi connectivity index (χ1n) is 8.72. The van der Waals surface area contributed by atoms with Crippen LogP contribution >= 0.6 is 0 Å². The second kappa shape index (κ2) is 7.23. The SMILES string of the molecule is CC(C)(C)OC(=O)N(c1ccccc1)c1ncccc1[C@@H]1CCCN1. The Bertz CT molecular complexity index is 719. The zero-order chi connectivity index (χ0) is 17.9. The van der Waals surface area contributed by atoms with Crippen molar-refractivity contribution in [1.29, 1.82) is 0 Å². The van der Waals surface area contributed by atoms with Crippen molar-refractivity contribution in [3.05, 3.63) is 54.2 Å². The predicted molar refractivity (Wildman–Crippen MR) is 99.0 cm³/mol. The van der Waals surface area contributed by atoms with Crippen LogP contribution < -0.4 is 10.2 Å². The first-order valence-corrected chi connectivity index (χ1v) is 8.72. The number of hydrogen-bond acceptors (Lipinski definition) is 4. The Morgan fingerprint density at radius 2 is 1.96 bits per heavy atom. The topological polar surface area (TPSA) is 54.5 Å². The van der Waals surface area contributed by atoms with Gasteiger partial charge in [0, 0.05) is 17.8 Å². The number of carbonyl (C=O) groups is 1. The minimum atomic E-state index is -0.579. The van der Waals surface area contributed by atoms with E-state index < -0.39 is 11.7 Å². The highest BCUT2D eigenvalue weighted by molar-refractivity contribution is 5.96. The summed E-state index contributed by atoms with van der Waals surface area (Å²) in [6.07, 6.45) is 3.46. The quantitative estimate of drug-likeness (QED) is 0.889. The van der Waals surface area contributed by atoms with Gasteiger partial charge in [-0.15, -0.1) is 0 Å². The van der Waals surface area contributed by atoms with Crippen LogP contribution in [0, 0.1) is 0 Å². The Hall–Kier alpha value is -2.40. The number of rotatable bonds is 3. The number of benzene rings is 1. The van der Waals surface area contributed by atoms with Crippen molar-refractivity contribution in [3.63, 3.8) is 0 Å². The van der Waals surface area contributed by atoms with Crippen molar-refractivity contribution in [2.24, 2.45) is 0 Å². The summed E-state index contributed by atoms with van der Waals surface area (Å²) in [5.74, 6) is 0.627. The maximum Gasteiger partial charge on any atom is 0.420 e. The molecular formula is C20H25N3O2. The molecule has 1 saturated heterocycles. The Balaban J connectivity index is 2.05. The second-order valence-corrected chi connectivity index (χ2v) is 7.22. The summed E-state index contributed by atoms with van der Waals surface area (Å²) in [5.41, 5.74) is 1.19. The van der Waals surface area contributed by atoms with E-state index in [0.29, 0.717) is 5.82 Å². The molecular weight excluding hydrogens is 314 g/mol. The molecule has 0 spiro atoms. The molecule has 132 valence electrons. The summed E-state index contributed by atoms with van der Waals surface area (Å²) < 4.78 is 5.65. The van der Waals surface area contributed by atoms with Crippen LogP contribution in [0.25, 0.3) is 0 Å². The van der Waals surface area contributed by atoms with E-state index in [2.05, 4.69) is 10.3 Å². The Morgan fingerprint density at radius 1 is 1.20 bits per heavy atom. The number of amides is 1. The van der Waals surface area contributed by atoms with Crippen LogP contribution in [0.3, 0.4) is 0 Å². The molecule has 3 rings (SSSR count). The lowest BCUT2D eigenvalue weighted by atomic mass is 10.1. The number of carbonyl (C=O) groups excluding carboxylic acids is 1. The van der Waals surface area contributed by atoms with E-state index in [-0.39, 0.29) is 6.04 Å². The number of nitrogens with zero attached hydrogens (tertiary/aromatic N) is 2. The van der Waals surface area contributed by atoms with Crippen LogP contribution in [-0.4, -0.2) is 23.2 Å². The number of ether oxygens (including phenoxy) is 1. The zero-order valence-corrected chi connectivity index (χ0v) is 15.0. The van der Waals surface area contributed by atoms with Gasteiger partial charge in [0.25, 0.3) is 0 Å². The molecule has 0 saturated carbocycles. The third-order valence-electron chi connectivity index (χ3n) is 4.05. The van der Waals surface area contributed by atoms with Gasteiger partial charge in [0.2, 0.25) is 0 Å². The molecule has 1 aliphatic rings. The molecule has 1 atom stereocenters. The summed E-state index contributed by atoms with van der Waals surface area (Å²) >= 11 is 0. The summed E-state index contributed by atoms with van der Waals surface area (Å²) in [5, 5.41) is 3.49. The minimum Gasteiger partial charge on any atom is -0.443 e. The van der Waals surface area contributed by atoms with Crippen molar-refractivity contribution in [1.82, 2.24) is 10.3 Å². The van der Waals surface area contributed by atoms with Gasteiger partial charge in [0.1, 0.15) is 11.4 Å². The van der Waals surface area contributed by atoms with Gasteiger partial charge >= 0.3 is 6.09 Å². The number of anilines is 2. The standard InChI is InChI=1S/C20H25N3O2/c1-20(2,3)25-19(24)23(15-9-5-4-6-10-15)18-16(11-7-14-22-18)17-12-8-13-21-17/h4-7,9-11,14,17,21H,8,12-13H2,1-3H3/t17-/m0/s1. The van der Waals surface area contributed by atoms with Gasteiger partial charge in [-0.1, -0.05) is 24.3 Å². The number of nitrogens with one attached hydrogen (secondary N) is 1. The van der Waals surface area contributed by atoms with E-state index >= 15 is 0 Å². The molecule has 0 radical (unpaired) electrons. The molecule has 0 aliphatic carbocycles. The number of hydrogen-bond donors (Lipinski definition) is 1. The fourth-order valence-electron chi connectivity index (χ4n) is 3.02. The van der Waals surface area contributed by atoms with Crippen LogP contribution in [0.5, 0.6) is 0 Å². The highest BCUT2D eigenvalue weighted by Gasteiger charge is 2.30. The molecule has 1 aromatic heterocycles. The normalized spacial score (nSPS) is 17.3. The fourth-order valence-corrected chi connectivity index (χ4v) is 3.02. The Labute approximate surface area is 149 Å². The molecule has 0 unspecified atom stereocenters. The molecule has 0 bridgehead atoms. The third kappa shape index (κ3) is 4.17. The lowest BCUT2D eigenvalue weighted by Gasteiger charge is -2.29. The largest absolute Gasteiger partial charge is 0.443 e. The average Bonchev–Trinajstić information content (AvgIpc) is 3.09. The van der Waals surface area contributed by atoms with Gasteiger partial charge in [-0.25, -0.2) is 14.7 Å². The molecule has 1 fully saturated rings. The molecule has 2 heterocycles. The Kier molecular flexibility index (Phi) is 5.04. The van der Waals surface area contributed by atoms with Crippen molar-refractivity contribution < 1.29 is 9.53 Å². The predicted octanol–water partition coefficient (Wildman–Crippen LogP) is 4.58. The van der Waals surface area contributed by atoms with Crippen LogP contribution in [0.2, 0.25) is 0 Å². The monoisotopic (exact) mass is 339 g/mol. The molecule has 25 heavy (non-hydrogen) atoms. The summed E-state index contributed by atoms with van der Waals surface area (Å²) in [4.78, 5) is 19.1. The molecule has 5 heteroatoms. The van der Waals surface area contributed by atoms with Crippen LogP contribution in [0.1, 0.15) is 45.2 Å². The van der Waals surface area contributed by atoms with Gasteiger partial charge in [-0.05, 0) is 58.4 Å². The number of para-hydroxylation sites is 1. The summed E-state index contributed by atoms with van der Waals surface area (Å²) in [7, 11) is 0. The lowest BCUT2D eigenvalue weighted by molar-refractivity contribution is 0.0598. The maximum absolute atomic E-state index is 13.0. The first-order chi connectivity index (χ1) is 12.0. The van der Waals surface area contributed by atoms with Gasteiger partial charge in [-0.3, -0.25) is 0 Å². The van der Waals surface area contributed by atoms with E-state index in [0.717, 1.165) is 30.6 Å². The smallest absolute Gasteiger partial charge is 0.420 e. The molecule has 1 aromatic carbocycles. The van der Waals surface area contributed by atoms with Crippen LogP contribution in [-0.2, 0) is 4.74 Å². The molecule has 1 aliphatic heterocycles. The Morgan fingerprint density at radius 3 is 2.60 bits per heavy atom. The summed E-state index contributed by atoms with van der Waals surface area (Å²) in [6.45, 7) is 6.58. The van der Waals surface area contributed by atoms with Crippen LogP contribution in [0.4, 0.5) is 16.3 Å². The molecule has 5 nitrogen and oxygen atoms in total. The van der Waals surface area contributed by atoms with Crippen molar-refractivity contribution in [3.8, 4) is 0 Å². The highest BCUT2D eigenvalue weighted by Crippen LogP contribution is 2.34. The van der Waals surface area contributed by atoms with Crippen molar-refractivity contribution in [2.75, 3.05) is 11.4 Å². The van der Waals surface area contributed by atoms with Gasteiger partial charge in [0.15, 0.2) is 0 Å². The van der Waals surface area contributed by atoms with Gasteiger partial charge in [-0.2, -0.15) is 0 Å². The number of aromatic nitrogens is 1. The van der Waals surface area contributed by atoms with Crippen molar-refractivity contribution in [2.45, 2.75) is 45.3 Å².